The molecule has 0 saturated carbocycles. The molecule has 0 radical (unpaired) electrons. The topological polar surface area (TPSA) is 106 Å². The average molecular weight is 474 g/mol. The summed E-state index contributed by atoms with van der Waals surface area (Å²) in [6.45, 7) is 3.39. The number of benzene rings is 2. The second-order valence-corrected chi connectivity index (χ2v) is 9.58. The highest BCUT2D eigenvalue weighted by Crippen LogP contribution is 2.29. The van der Waals surface area contributed by atoms with Crippen molar-refractivity contribution < 1.29 is 22.7 Å². The third-order valence-electron chi connectivity index (χ3n) is 4.44. The average Bonchev–Trinajstić information content (AvgIpc) is 3.20. The number of carbonyl (C=O) groups excluding carboxylic acids is 2. The number of hydrogen-bond acceptors (Lipinski definition) is 7. The van der Waals surface area contributed by atoms with Crippen LogP contribution in [0.15, 0.2) is 53.9 Å². The van der Waals surface area contributed by atoms with Crippen molar-refractivity contribution >= 4 is 49.7 Å². The first-order valence-corrected chi connectivity index (χ1v) is 12.5. The number of aryl methyl sites for hydroxylation is 1. The number of aromatic nitrogens is 1. The van der Waals surface area contributed by atoms with Crippen LogP contribution in [-0.4, -0.2) is 31.5 Å². The van der Waals surface area contributed by atoms with E-state index >= 15 is 0 Å². The van der Waals surface area contributed by atoms with Crippen LogP contribution < -0.4 is 9.62 Å². The molecule has 8 nitrogen and oxygen atoms in total. The van der Waals surface area contributed by atoms with E-state index in [1.54, 1.807) is 17.5 Å². The lowest BCUT2D eigenvalue weighted by Crippen LogP contribution is -2.22. The van der Waals surface area contributed by atoms with Crippen LogP contribution in [0.4, 0.5) is 16.5 Å². The molecule has 0 spiro atoms. The van der Waals surface area contributed by atoms with Gasteiger partial charge in [0, 0.05) is 12.3 Å². The minimum absolute atomic E-state index is 0.0924. The monoisotopic (exact) mass is 473 g/mol. The van der Waals surface area contributed by atoms with Crippen molar-refractivity contribution in [3.05, 3.63) is 70.7 Å². The molecule has 0 unspecified atom stereocenters. The molecular weight excluding hydrogens is 450 g/mol. The normalized spacial score (nSPS) is 11.1. The Labute approximate surface area is 190 Å². The highest BCUT2D eigenvalue weighted by Gasteiger charge is 2.19. The van der Waals surface area contributed by atoms with Crippen molar-refractivity contribution in [3.8, 4) is 0 Å². The molecule has 1 aromatic heterocycles. The van der Waals surface area contributed by atoms with Crippen molar-refractivity contribution in [1.29, 1.82) is 0 Å². The Balaban J connectivity index is 1.73. The summed E-state index contributed by atoms with van der Waals surface area (Å²) in [5, 5.41) is 2.17. The number of amides is 1. The largest absolute Gasteiger partial charge is 0.455 e. The number of sulfonamides is 1. The molecule has 3 rings (SSSR count). The van der Waals surface area contributed by atoms with Gasteiger partial charge in [-0.05, 0) is 36.2 Å². The summed E-state index contributed by atoms with van der Waals surface area (Å²) in [6.07, 6.45) is 1.90. The molecule has 0 saturated heterocycles. The highest BCUT2D eigenvalue weighted by molar-refractivity contribution is 7.92. The van der Waals surface area contributed by atoms with Crippen LogP contribution in [0.2, 0.25) is 0 Å². The number of nitrogens with one attached hydrogen (secondary N) is 1. The van der Waals surface area contributed by atoms with Crippen LogP contribution in [0.5, 0.6) is 0 Å². The number of rotatable bonds is 8. The van der Waals surface area contributed by atoms with E-state index in [-0.39, 0.29) is 23.8 Å². The van der Waals surface area contributed by atoms with Crippen molar-refractivity contribution in [2.24, 2.45) is 0 Å². The zero-order valence-electron chi connectivity index (χ0n) is 17.9. The maximum Gasteiger partial charge on any atom is 0.340 e. The Morgan fingerprint density at radius 1 is 1.12 bits per heavy atom. The van der Waals surface area contributed by atoms with Crippen LogP contribution in [0, 0.1) is 0 Å². The molecule has 1 heterocycles. The fourth-order valence-electron chi connectivity index (χ4n) is 2.94. The van der Waals surface area contributed by atoms with E-state index in [2.05, 4.69) is 16.6 Å². The van der Waals surface area contributed by atoms with Crippen LogP contribution >= 0.6 is 11.3 Å². The number of esters is 1. The highest BCUT2D eigenvalue weighted by atomic mass is 32.2. The molecule has 0 fully saturated rings. The fraction of sp³-hybridized carbons (Fsp3) is 0.227. The number of nitrogens with zero attached hydrogens (tertiary/aromatic N) is 2. The van der Waals surface area contributed by atoms with Gasteiger partial charge in [0.2, 0.25) is 15.9 Å². The lowest BCUT2D eigenvalue weighted by molar-refractivity contribution is -0.115. The zero-order chi connectivity index (χ0) is 23.3. The summed E-state index contributed by atoms with van der Waals surface area (Å²) in [4.78, 5) is 30.7. The first kappa shape index (κ1) is 23.4. The van der Waals surface area contributed by atoms with Gasteiger partial charge in [-0.2, -0.15) is 0 Å². The van der Waals surface area contributed by atoms with E-state index in [1.165, 1.54) is 35.3 Å². The second kappa shape index (κ2) is 9.92. The summed E-state index contributed by atoms with van der Waals surface area (Å²) in [5.74, 6) is -0.877. The Morgan fingerprint density at radius 2 is 1.81 bits per heavy atom. The molecule has 0 bridgehead atoms. The molecule has 0 aliphatic heterocycles. The smallest absolute Gasteiger partial charge is 0.340 e. The predicted octanol–water partition coefficient (Wildman–Crippen LogP) is 4.12. The molecule has 0 aliphatic rings. The van der Waals surface area contributed by atoms with Gasteiger partial charge in [-0.25, -0.2) is 18.2 Å². The molecule has 1 N–H and O–H groups in total. The SMILES string of the molecule is CCc1ccc(N(C(C)=O)c2nc(COC(=O)c3ccccc3NS(C)(=O)=O)cs2)cc1. The first-order valence-electron chi connectivity index (χ1n) is 9.76. The number of hydrogen-bond donors (Lipinski definition) is 1. The van der Waals surface area contributed by atoms with Gasteiger partial charge < -0.3 is 4.74 Å². The van der Waals surface area contributed by atoms with Crippen LogP contribution in [-0.2, 0) is 32.6 Å². The molecule has 3 aromatic rings. The van der Waals surface area contributed by atoms with Crippen molar-refractivity contribution in [2.45, 2.75) is 26.9 Å². The Kier molecular flexibility index (Phi) is 7.26. The Morgan fingerprint density at radius 3 is 2.44 bits per heavy atom. The summed E-state index contributed by atoms with van der Waals surface area (Å²) in [6, 6.07) is 13.8. The molecule has 168 valence electrons. The summed E-state index contributed by atoms with van der Waals surface area (Å²) >= 11 is 1.26. The van der Waals surface area contributed by atoms with E-state index in [1.807, 2.05) is 24.3 Å². The van der Waals surface area contributed by atoms with Crippen LogP contribution in [0.3, 0.4) is 0 Å². The van der Waals surface area contributed by atoms with Gasteiger partial charge >= 0.3 is 5.97 Å². The molecule has 0 aliphatic carbocycles. The number of anilines is 3. The number of para-hydroxylation sites is 1. The molecule has 10 heteroatoms. The van der Waals surface area contributed by atoms with Crippen LogP contribution in [0.1, 0.15) is 35.5 Å². The van der Waals surface area contributed by atoms with E-state index in [0.717, 1.165) is 18.2 Å². The lowest BCUT2D eigenvalue weighted by Gasteiger charge is -2.18. The number of thiazole rings is 1. The second-order valence-electron chi connectivity index (χ2n) is 6.99. The van der Waals surface area contributed by atoms with E-state index < -0.39 is 16.0 Å². The third-order valence-corrected chi connectivity index (χ3v) is 5.91. The van der Waals surface area contributed by atoms with Gasteiger partial charge in [0.1, 0.15) is 6.61 Å². The quantitative estimate of drug-likeness (QED) is 0.494. The van der Waals surface area contributed by atoms with Gasteiger partial charge in [-0.3, -0.25) is 14.4 Å². The Bertz CT molecular complexity index is 1220. The molecule has 2 aromatic carbocycles. The lowest BCUT2D eigenvalue weighted by atomic mass is 10.1. The van der Waals surface area contributed by atoms with Gasteiger partial charge in [-0.15, -0.1) is 11.3 Å². The van der Waals surface area contributed by atoms with Crippen molar-refractivity contribution in [2.75, 3.05) is 15.9 Å². The molecule has 32 heavy (non-hydrogen) atoms. The van der Waals surface area contributed by atoms with Gasteiger partial charge in [0.15, 0.2) is 5.13 Å². The van der Waals surface area contributed by atoms with Crippen molar-refractivity contribution in [1.82, 2.24) is 4.98 Å². The summed E-state index contributed by atoms with van der Waals surface area (Å²) in [5.41, 5.74) is 2.57. The minimum Gasteiger partial charge on any atom is -0.455 e. The first-order chi connectivity index (χ1) is 15.2. The fourth-order valence-corrected chi connectivity index (χ4v) is 4.39. The predicted molar refractivity (Wildman–Crippen MR) is 125 cm³/mol. The summed E-state index contributed by atoms with van der Waals surface area (Å²) in [7, 11) is -3.55. The Hall–Kier alpha value is -3.24. The standard InChI is InChI=1S/C22H23N3O5S2/c1-4-16-9-11-18(12-10-16)25(15(2)26)22-23-17(14-31-22)13-30-21(27)19-7-5-6-8-20(19)24-32(3,28)29/h5-12,14,24H,4,13H2,1-3H3. The van der Waals surface area contributed by atoms with Crippen molar-refractivity contribution in [3.63, 3.8) is 0 Å². The summed E-state index contributed by atoms with van der Waals surface area (Å²) < 4.78 is 30.7. The minimum atomic E-state index is -3.55. The maximum absolute atomic E-state index is 12.5. The zero-order valence-corrected chi connectivity index (χ0v) is 19.5. The molecular formula is C22H23N3O5S2. The van der Waals surface area contributed by atoms with E-state index in [0.29, 0.717) is 16.5 Å². The maximum atomic E-state index is 12.5. The van der Waals surface area contributed by atoms with Crippen LogP contribution in [0.25, 0.3) is 0 Å². The third kappa shape index (κ3) is 5.92. The number of carbonyl (C=O) groups is 2. The van der Waals surface area contributed by atoms with E-state index in [9.17, 15) is 18.0 Å². The molecule has 1 amide bonds. The number of ether oxygens (including phenoxy) is 1. The van der Waals surface area contributed by atoms with Gasteiger partial charge in [-0.1, -0.05) is 31.2 Å². The van der Waals surface area contributed by atoms with Gasteiger partial charge in [0.25, 0.3) is 0 Å². The molecule has 0 atom stereocenters. The van der Waals surface area contributed by atoms with Gasteiger partial charge in [0.05, 0.1) is 28.9 Å². The van der Waals surface area contributed by atoms with E-state index in [4.69, 9.17) is 4.74 Å².